The van der Waals surface area contributed by atoms with Gasteiger partial charge in [0.15, 0.2) is 5.13 Å². The molecule has 3 N–H and O–H groups in total. The lowest BCUT2D eigenvalue weighted by atomic mass is 10.2. The third-order valence-electron chi connectivity index (χ3n) is 3.10. The van der Waals surface area contributed by atoms with E-state index in [1.165, 1.54) is 11.3 Å². The van der Waals surface area contributed by atoms with Gasteiger partial charge in [0.05, 0.1) is 21.5 Å². The van der Waals surface area contributed by atoms with Crippen molar-refractivity contribution in [1.82, 2.24) is 9.97 Å². The van der Waals surface area contributed by atoms with E-state index in [4.69, 9.17) is 5.73 Å². The minimum atomic E-state index is -0.202. The number of nitrogens with one attached hydrogen (secondary N) is 1. The third kappa shape index (κ3) is 2.71. The Morgan fingerprint density at radius 1 is 1.19 bits per heavy atom. The molecule has 106 valence electrons. The number of rotatable bonds is 2. The third-order valence-corrected chi connectivity index (χ3v) is 4.04. The van der Waals surface area contributed by atoms with E-state index in [0.29, 0.717) is 22.1 Å². The van der Waals surface area contributed by atoms with E-state index in [0.717, 1.165) is 15.9 Å². The molecule has 6 heteroatoms. The monoisotopic (exact) mass is 298 g/mol. The molecule has 2 heterocycles. The molecule has 1 amide bonds. The van der Waals surface area contributed by atoms with Crippen LogP contribution in [-0.4, -0.2) is 15.9 Å². The van der Waals surface area contributed by atoms with Gasteiger partial charge in [0.25, 0.3) is 5.91 Å². The molecule has 2 aromatic heterocycles. The van der Waals surface area contributed by atoms with Gasteiger partial charge in [-0.1, -0.05) is 11.3 Å². The number of nitrogen functional groups attached to an aromatic ring is 1. The van der Waals surface area contributed by atoms with Crippen molar-refractivity contribution in [2.75, 3.05) is 11.1 Å². The van der Waals surface area contributed by atoms with Crippen molar-refractivity contribution >= 4 is 38.3 Å². The number of carbonyl (C=O) groups is 1. The average Bonchev–Trinajstić information content (AvgIpc) is 2.79. The Bertz CT molecular complexity index is 841. The maximum Gasteiger partial charge on any atom is 0.259 e. The van der Waals surface area contributed by atoms with Gasteiger partial charge in [-0.05, 0) is 44.2 Å². The molecule has 21 heavy (non-hydrogen) atoms. The number of aryl methyl sites for hydroxylation is 2. The number of hydrogen-bond acceptors (Lipinski definition) is 5. The molecule has 3 rings (SSSR count). The van der Waals surface area contributed by atoms with Crippen molar-refractivity contribution in [1.29, 1.82) is 0 Å². The number of nitrogens with zero attached hydrogens (tertiary/aromatic N) is 2. The molecule has 0 radical (unpaired) electrons. The summed E-state index contributed by atoms with van der Waals surface area (Å²) in [5, 5.41) is 3.37. The molecule has 0 saturated heterocycles. The predicted octanol–water partition coefficient (Wildman–Crippen LogP) is 3.14. The number of pyridine rings is 1. The first-order valence-corrected chi connectivity index (χ1v) is 7.26. The van der Waals surface area contributed by atoms with Crippen molar-refractivity contribution in [3.05, 3.63) is 47.3 Å². The van der Waals surface area contributed by atoms with Crippen LogP contribution in [0.2, 0.25) is 0 Å². The first kappa shape index (κ1) is 13.5. The number of amides is 1. The van der Waals surface area contributed by atoms with E-state index in [9.17, 15) is 4.79 Å². The molecule has 3 aromatic rings. The predicted molar refractivity (Wildman–Crippen MR) is 85.7 cm³/mol. The van der Waals surface area contributed by atoms with Crippen LogP contribution < -0.4 is 11.1 Å². The van der Waals surface area contributed by atoms with Gasteiger partial charge in [0.1, 0.15) is 0 Å². The highest BCUT2D eigenvalue weighted by Crippen LogP contribution is 2.27. The topological polar surface area (TPSA) is 80.9 Å². The lowest BCUT2D eigenvalue weighted by Crippen LogP contribution is -2.14. The molecule has 1 aromatic carbocycles. The Morgan fingerprint density at radius 3 is 2.76 bits per heavy atom. The van der Waals surface area contributed by atoms with Crippen LogP contribution in [0.25, 0.3) is 10.2 Å². The number of hydrogen-bond donors (Lipinski definition) is 2. The smallest absolute Gasteiger partial charge is 0.259 e. The second-order valence-electron chi connectivity index (χ2n) is 4.79. The Kier molecular flexibility index (Phi) is 3.31. The van der Waals surface area contributed by atoms with Crippen molar-refractivity contribution in [3.8, 4) is 0 Å². The molecule has 0 spiro atoms. The molecule has 0 aliphatic rings. The highest BCUT2D eigenvalue weighted by molar-refractivity contribution is 7.22. The summed E-state index contributed by atoms with van der Waals surface area (Å²) < 4.78 is 0.948. The van der Waals surface area contributed by atoms with Gasteiger partial charge in [-0.3, -0.25) is 15.1 Å². The SMILES string of the molecule is Cc1ccc(C(=O)Nc2nc3ccc(N)cc3s2)c(C)n1. The van der Waals surface area contributed by atoms with Crippen LogP contribution in [0.1, 0.15) is 21.7 Å². The summed E-state index contributed by atoms with van der Waals surface area (Å²) in [6.07, 6.45) is 0. The van der Waals surface area contributed by atoms with Crippen LogP contribution in [0.15, 0.2) is 30.3 Å². The highest BCUT2D eigenvalue weighted by atomic mass is 32.1. The number of fused-ring (bicyclic) bond motifs is 1. The summed E-state index contributed by atoms with van der Waals surface area (Å²) >= 11 is 1.40. The Morgan fingerprint density at radius 2 is 2.00 bits per heavy atom. The minimum absolute atomic E-state index is 0.202. The number of nitrogens with two attached hydrogens (primary N) is 1. The van der Waals surface area contributed by atoms with Crippen LogP contribution in [0.4, 0.5) is 10.8 Å². The molecule has 0 fully saturated rings. The van der Waals surface area contributed by atoms with Crippen LogP contribution in [0.5, 0.6) is 0 Å². The van der Waals surface area contributed by atoms with E-state index >= 15 is 0 Å². The van der Waals surface area contributed by atoms with E-state index in [1.807, 2.05) is 32.0 Å². The van der Waals surface area contributed by atoms with Crippen molar-refractivity contribution in [3.63, 3.8) is 0 Å². The molecule has 0 saturated carbocycles. The zero-order valence-corrected chi connectivity index (χ0v) is 12.5. The lowest BCUT2D eigenvalue weighted by molar-refractivity contribution is 0.102. The molecule has 0 unspecified atom stereocenters. The van der Waals surface area contributed by atoms with Gasteiger partial charge in [0.2, 0.25) is 0 Å². The minimum Gasteiger partial charge on any atom is -0.399 e. The zero-order chi connectivity index (χ0) is 15.0. The van der Waals surface area contributed by atoms with E-state index in [2.05, 4.69) is 15.3 Å². The van der Waals surface area contributed by atoms with E-state index in [1.54, 1.807) is 12.1 Å². The van der Waals surface area contributed by atoms with Gasteiger partial charge in [-0.15, -0.1) is 0 Å². The maximum atomic E-state index is 12.3. The summed E-state index contributed by atoms with van der Waals surface area (Å²) in [4.78, 5) is 21.0. The van der Waals surface area contributed by atoms with Crippen molar-refractivity contribution in [2.45, 2.75) is 13.8 Å². The summed E-state index contributed by atoms with van der Waals surface area (Å²) in [6, 6.07) is 9.08. The Hall–Kier alpha value is -2.47. The fourth-order valence-corrected chi connectivity index (χ4v) is 2.99. The lowest BCUT2D eigenvalue weighted by Gasteiger charge is -2.05. The normalized spacial score (nSPS) is 10.8. The van der Waals surface area contributed by atoms with Crippen molar-refractivity contribution < 1.29 is 4.79 Å². The highest BCUT2D eigenvalue weighted by Gasteiger charge is 2.13. The Balaban J connectivity index is 1.89. The maximum absolute atomic E-state index is 12.3. The zero-order valence-electron chi connectivity index (χ0n) is 11.7. The summed E-state index contributed by atoms with van der Waals surface area (Å²) in [7, 11) is 0. The number of aromatic nitrogens is 2. The fraction of sp³-hybridized carbons (Fsp3) is 0.133. The second-order valence-corrected chi connectivity index (χ2v) is 5.82. The standard InChI is InChI=1S/C15H14N4OS/c1-8-3-5-11(9(2)17-8)14(20)19-15-18-12-6-4-10(16)7-13(12)21-15/h3-7H,16H2,1-2H3,(H,18,19,20). The van der Waals surface area contributed by atoms with Gasteiger partial charge in [-0.25, -0.2) is 4.98 Å². The molecule has 0 aliphatic carbocycles. The van der Waals surface area contributed by atoms with Crippen LogP contribution in [0.3, 0.4) is 0 Å². The summed E-state index contributed by atoms with van der Waals surface area (Å²) in [5.41, 5.74) is 9.40. The fourth-order valence-electron chi connectivity index (χ4n) is 2.09. The average molecular weight is 298 g/mol. The second kappa shape index (κ2) is 5.14. The molecule has 0 aliphatic heterocycles. The van der Waals surface area contributed by atoms with Crippen LogP contribution >= 0.6 is 11.3 Å². The Labute approximate surface area is 125 Å². The van der Waals surface area contributed by atoms with Gasteiger partial charge >= 0.3 is 0 Å². The summed E-state index contributed by atoms with van der Waals surface area (Å²) in [6.45, 7) is 3.72. The van der Waals surface area contributed by atoms with Crippen molar-refractivity contribution in [2.24, 2.45) is 0 Å². The van der Waals surface area contributed by atoms with E-state index < -0.39 is 0 Å². The van der Waals surface area contributed by atoms with Gasteiger partial charge in [0, 0.05) is 11.4 Å². The number of anilines is 2. The number of thiazole rings is 1. The first-order valence-electron chi connectivity index (χ1n) is 6.44. The quantitative estimate of drug-likeness (QED) is 0.712. The first-order chi connectivity index (χ1) is 10.0. The largest absolute Gasteiger partial charge is 0.399 e. The molecule has 0 atom stereocenters. The molecule has 5 nitrogen and oxygen atoms in total. The van der Waals surface area contributed by atoms with E-state index in [-0.39, 0.29) is 5.91 Å². The van der Waals surface area contributed by atoms with Crippen LogP contribution in [-0.2, 0) is 0 Å². The summed E-state index contributed by atoms with van der Waals surface area (Å²) in [5.74, 6) is -0.202. The molecule has 0 bridgehead atoms. The molecular formula is C15H14N4OS. The number of carbonyl (C=O) groups excluding carboxylic acids is 1. The molecular weight excluding hydrogens is 284 g/mol. The van der Waals surface area contributed by atoms with Gasteiger partial charge < -0.3 is 5.73 Å². The number of benzene rings is 1. The van der Waals surface area contributed by atoms with Gasteiger partial charge in [-0.2, -0.15) is 0 Å². The van der Waals surface area contributed by atoms with Crippen LogP contribution in [0, 0.1) is 13.8 Å².